The summed E-state index contributed by atoms with van der Waals surface area (Å²) in [6.45, 7) is 14.7. The van der Waals surface area contributed by atoms with Gasteiger partial charge in [-0.25, -0.2) is 0 Å². The topological polar surface area (TPSA) is 26.3 Å². The van der Waals surface area contributed by atoms with Crippen LogP contribution in [0, 0.1) is 46.8 Å². The summed E-state index contributed by atoms with van der Waals surface area (Å²) in [6, 6.07) is 0. The van der Waals surface area contributed by atoms with E-state index in [0.717, 1.165) is 42.9 Å². The van der Waals surface area contributed by atoms with Crippen LogP contribution in [0.3, 0.4) is 0 Å². The van der Waals surface area contributed by atoms with Crippen LogP contribution in [0.5, 0.6) is 0 Å². The number of carbonyl (C=O) groups excluding carboxylic acids is 1. The summed E-state index contributed by atoms with van der Waals surface area (Å²) in [7, 11) is 0. The standard InChI is InChI=1S/C30H48O2/c1-7-18(2)14-28-20(4)21(5)30(32-28)13-11-24-25-9-8-22-15-23(31)10-12-29(22,6)27(25)16-26(24)19(3)17-30/h18,20-22,24-25,27-28H,7-17H2,1-6H3/t18-,20+,21-,22-,24+,25+,27+,28-,29+,30+/m1/s1. The SMILES string of the molecule is CC[C@@H](C)C[C@H]1O[C@]2(CC[C@@H]3C(=C(C)C2)C[C@H]2[C@H]3CC[C@@H]3CC(=O)CC[C@@]32C)[C@H](C)[C@@H]1C. The largest absolute Gasteiger partial charge is 0.371 e. The smallest absolute Gasteiger partial charge is 0.133 e. The lowest BCUT2D eigenvalue weighted by Crippen LogP contribution is -2.46. The van der Waals surface area contributed by atoms with E-state index in [1.807, 2.05) is 5.57 Å². The number of ketones is 1. The zero-order chi connectivity index (χ0) is 22.8. The van der Waals surface area contributed by atoms with Gasteiger partial charge in [0.05, 0.1) is 11.7 Å². The fraction of sp³-hybridized carbons (Fsp3) is 0.900. The Morgan fingerprint density at radius 1 is 1.12 bits per heavy atom. The first-order chi connectivity index (χ1) is 15.2. The number of hydrogen-bond acceptors (Lipinski definition) is 2. The summed E-state index contributed by atoms with van der Waals surface area (Å²) < 4.78 is 7.08. The normalized spacial score (nSPS) is 49.6. The van der Waals surface area contributed by atoms with Crippen LogP contribution < -0.4 is 0 Å². The molecular weight excluding hydrogens is 392 g/mol. The molecule has 3 saturated carbocycles. The molecule has 0 unspecified atom stereocenters. The Hall–Kier alpha value is -0.630. The van der Waals surface area contributed by atoms with Gasteiger partial charge in [0.25, 0.3) is 0 Å². The number of rotatable bonds is 3. The lowest BCUT2D eigenvalue weighted by Gasteiger charge is -2.52. The van der Waals surface area contributed by atoms with Crippen molar-refractivity contribution >= 4 is 5.78 Å². The van der Waals surface area contributed by atoms with Gasteiger partial charge in [-0.3, -0.25) is 4.79 Å². The van der Waals surface area contributed by atoms with E-state index in [1.165, 1.54) is 51.4 Å². The Balaban J connectivity index is 1.39. The van der Waals surface area contributed by atoms with Gasteiger partial charge in [-0.15, -0.1) is 0 Å². The number of ether oxygens (including phenoxy) is 1. The third-order valence-corrected chi connectivity index (χ3v) is 11.9. The van der Waals surface area contributed by atoms with E-state index in [4.69, 9.17) is 4.74 Å². The van der Waals surface area contributed by atoms with E-state index < -0.39 is 0 Å². The first-order valence-corrected chi connectivity index (χ1v) is 14.1. The van der Waals surface area contributed by atoms with E-state index in [-0.39, 0.29) is 5.60 Å². The highest BCUT2D eigenvalue weighted by Crippen LogP contribution is 2.65. The highest BCUT2D eigenvalue weighted by molar-refractivity contribution is 5.79. The van der Waals surface area contributed by atoms with E-state index in [0.29, 0.717) is 35.1 Å². The van der Waals surface area contributed by atoms with Crippen molar-refractivity contribution < 1.29 is 9.53 Å². The highest BCUT2D eigenvalue weighted by atomic mass is 16.5. The minimum atomic E-state index is 0.0762. The van der Waals surface area contributed by atoms with E-state index in [2.05, 4.69) is 41.5 Å². The zero-order valence-corrected chi connectivity index (χ0v) is 21.7. The molecule has 1 aliphatic heterocycles. The molecule has 180 valence electrons. The first-order valence-electron chi connectivity index (χ1n) is 14.1. The van der Waals surface area contributed by atoms with Crippen LogP contribution >= 0.6 is 0 Å². The van der Waals surface area contributed by atoms with Crippen LogP contribution in [0.1, 0.15) is 112 Å². The molecule has 0 aromatic heterocycles. The molecule has 5 aliphatic rings. The zero-order valence-electron chi connectivity index (χ0n) is 21.7. The minimum absolute atomic E-state index is 0.0762. The van der Waals surface area contributed by atoms with Gasteiger partial charge >= 0.3 is 0 Å². The second-order valence-electron chi connectivity index (χ2n) is 13.2. The van der Waals surface area contributed by atoms with Gasteiger partial charge in [0, 0.05) is 12.8 Å². The summed E-state index contributed by atoms with van der Waals surface area (Å²) in [6.07, 6.45) is 13.5. The molecule has 32 heavy (non-hydrogen) atoms. The fourth-order valence-electron chi connectivity index (χ4n) is 9.30. The third kappa shape index (κ3) is 3.48. The van der Waals surface area contributed by atoms with Gasteiger partial charge in [0.1, 0.15) is 5.78 Å². The molecule has 10 atom stereocenters. The second-order valence-corrected chi connectivity index (χ2v) is 13.2. The Kier molecular flexibility index (Phi) is 5.96. The Morgan fingerprint density at radius 3 is 2.66 bits per heavy atom. The van der Waals surface area contributed by atoms with Crippen molar-refractivity contribution in [1.82, 2.24) is 0 Å². The summed E-state index contributed by atoms with van der Waals surface area (Å²) in [5.74, 6) is 5.72. The summed E-state index contributed by atoms with van der Waals surface area (Å²) in [5.41, 5.74) is 3.98. The molecule has 2 heteroatoms. The molecule has 0 radical (unpaired) electrons. The van der Waals surface area contributed by atoms with Crippen molar-refractivity contribution in [2.45, 2.75) is 124 Å². The summed E-state index contributed by atoms with van der Waals surface area (Å²) >= 11 is 0. The molecule has 0 bridgehead atoms. The van der Waals surface area contributed by atoms with Crippen molar-refractivity contribution in [3.05, 3.63) is 11.1 Å². The highest BCUT2D eigenvalue weighted by Gasteiger charge is 2.58. The molecular formula is C30H48O2. The lowest BCUT2D eigenvalue weighted by molar-refractivity contribution is -0.129. The average Bonchev–Trinajstić information content (AvgIpc) is 3.20. The molecule has 0 aromatic carbocycles. The number of allylic oxidation sites excluding steroid dienone is 1. The Morgan fingerprint density at radius 2 is 1.91 bits per heavy atom. The maximum Gasteiger partial charge on any atom is 0.133 e. The molecule has 1 spiro atoms. The third-order valence-electron chi connectivity index (χ3n) is 11.9. The van der Waals surface area contributed by atoms with Crippen LogP contribution in [-0.2, 0) is 9.53 Å². The molecule has 1 heterocycles. The van der Waals surface area contributed by atoms with Crippen LogP contribution in [-0.4, -0.2) is 17.5 Å². The number of fused-ring (bicyclic) bond motifs is 5. The van der Waals surface area contributed by atoms with Crippen molar-refractivity contribution in [2.75, 3.05) is 0 Å². The number of hydrogen-bond donors (Lipinski definition) is 0. The maximum atomic E-state index is 12.2. The van der Waals surface area contributed by atoms with Crippen LogP contribution in [0.4, 0.5) is 0 Å². The fourth-order valence-corrected chi connectivity index (χ4v) is 9.30. The van der Waals surface area contributed by atoms with Crippen LogP contribution in [0.15, 0.2) is 11.1 Å². The lowest BCUT2D eigenvalue weighted by atomic mass is 9.52. The molecule has 2 nitrogen and oxygen atoms in total. The van der Waals surface area contributed by atoms with E-state index in [1.54, 1.807) is 5.57 Å². The van der Waals surface area contributed by atoms with Gasteiger partial charge < -0.3 is 4.74 Å². The van der Waals surface area contributed by atoms with Crippen molar-refractivity contribution in [1.29, 1.82) is 0 Å². The molecule has 4 aliphatic carbocycles. The molecule has 1 saturated heterocycles. The Labute approximate surface area is 197 Å². The maximum absolute atomic E-state index is 12.2. The summed E-state index contributed by atoms with van der Waals surface area (Å²) in [4.78, 5) is 12.2. The average molecular weight is 441 g/mol. The predicted molar refractivity (Wildman–Crippen MR) is 131 cm³/mol. The van der Waals surface area contributed by atoms with Gasteiger partial charge in [-0.05, 0) is 105 Å². The van der Waals surface area contributed by atoms with Crippen molar-refractivity contribution in [3.8, 4) is 0 Å². The molecule has 0 N–H and O–H groups in total. The van der Waals surface area contributed by atoms with Gasteiger partial charge in [0.2, 0.25) is 0 Å². The van der Waals surface area contributed by atoms with Crippen molar-refractivity contribution in [3.63, 3.8) is 0 Å². The summed E-state index contributed by atoms with van der Waals surface area (Å²) in [5, 5.41) is 0. The molecule has 0 amide bonds. The number of Topliss-reactive ketones (excluding diaryl/α,β-unsaturated/α-hetero) is 1. The quantitative estimate of drug-likeness (QED) is 0.419. The molecule has 4 fully saturated rings. The van der Waals surface area contributed by atoms with Gasteiger partial charge in [0.15, 0.2) is 0 Å². The monoisotopic (exact) mass is 440 g/mol. The van der Waals surface area contributed by atoms with Crippen LogP contribution in [0.25, 0.3) is 0 Å². The van der Waals surface area contributed by atoms with E-state index >= 15 is 0 Å². The first kappa shape index (κ1) is 23.1. The number of carbonyl (C=O) groups is 1. The Bertz CT molecular complexity index is 782. The minimum Gasteiger partial charge on any atom is -0.371 e. The second kappa shape index (κ2) is 8.24. The van der Waals surface area contributed by atoms with Crippen LogP contribution in [0.2, 0.25) is 0 Å². The predicted octanol–water partition coefficient (Wildman–Crippen LogP) is 7.75. The molecule has 5 rings (SSSR count). The molecule has 0 aromatic rings. The van der Waals surface area contributed by atoms with Crippen molar-refractivity contribution in [2.24, 2.45) is 46.8 Å². The van der Waals surface area contributed by atoms with Gasteiger partial charge in [-0.1, -0.05) is 52.2 Å². The van der Waals surface area contributed by atoms with E-state index in [9.17, 15) is 4.79 Å². The van der Waals surface area contributed by atoms with Gasteiger partial charge in [-0.2, -0.15) is 0 Å².